The minimum atomic E-state index is 0.366. The van der Waals surface area contributed by atoms with E-state index in [0.717, 1.165) is 18.4 Å². The van der Waals surface area contributed by atoms with E-state index in [1.165, 1.54) is 43.3 Å². The lowest BCUT2D eigenvalue weighted by molar-refractivity contribution is -0.111. The van der Waals surface area contributed by atoms with E-state index in [1.54, 1.807) is 0 Å². The van der Waals surface area contributed by atoms with Crippen molar-refractivity contribution < 1.29 is 4.79 Å². The third kappa shape index (κ3) is 2.45. The van der Waals surface area contributed by atoms with Crippen molar-refractivity contribution in [2.45, 2.75) is 58.8 Å². The van der Waals surface area contributed by atoms with Crippen LogP contribution in [0.5, 0.6) is 0 Å². The number of hydrogen-bond acceptors (Lipinski definition) is 1. The zero-order valence-electron chi connectivity index (χ0n) is 10.5. The minimum absolute atomic E-state index is 0.366. The topological polar surface area (TPSA) is 17.1 Å². The van der Waals surface area contributed by atoms with Crippen molar-refractivity contribution in [3.8, 4) is 0 Å². The molecule has 0 heterocycles. The van der Waals surface area contributed by atoms with Gasteiger partial charge in [0.1, 0.15) is 0 Å². The number of carbonyl (C=O) groups is 1. The first-order valence-corrected chi connectivity index (χ1v) is 6.65. The highest BCUT2D eigenvalue weighted by Gasteiger charge is 2.26. The van der Waals surface area contributed by atoms with Crippen molar-refractivity contribution in [2.24, 2.45) is 5.92 Å². The summed E-state index contributed by atoms with van der Waals surface area (Å²) >= 11 is 0. The smallest absolute Gasteiger partial charge is 0.184 e. The Morgan fingerprint density at radius 2 is 1.69 bits per heavy atom. The van der Waals surface area contributed by atoms with Gasteiger partial charge in [-0.15, -0.1) is 0 Å². The maximum Gasteiger partial charge on any atom is 0.184 e. The molecule has 88 valence electrons. The molecule has 1 heteroatoms. The molecule has 1 nitrogen and oxygen atoms in total. The lowest BCUT2D eigenvalue weighted by Gasteiger charge is -2.15. The first-order valence-electron chi connectivity index (χ1n) is 6.65. The molecule has 2 rings (SSSR count). The standard InChI is InChI=1S/C15H22O/c1-11(2)10-13-8-9-14(15(13)16)12-6-4-3-5-7-12/h10-11H,3-9H2,1-2H3. The highest BCUT2D eigenvalue weighted by molar-refractivity contribution is 6.11. The molecule has 0 unspecified atom stereocenters. The van der Waals surface area contributed by atoms with Crippen molar-refractivity contribution in [3.05, 3.63) is 22.8 Å². The first kappa shape index (κ1) is 11.6. The monoisotopic (exact) mass is 218 g/mol. The lowest BCUT2D eigenvalue weighted by atomic mass is 9.90. The summed E-state index contributed by atoms with van der Waals surface area (Å²) in [6.07, 6.45) is 10.4. The molecule has 0 amide bonds. The van der Waals surface area contributed by atoms with Crippen LogP contribution in [0.15, 0.2) is 22.8 Å². The van der Waals surface area contributed by atoms with E-state index >= 15 is 0 Å². The van der Waals surface area contributed by atoms with Gasteiger partial charge in [0.25, 0.3) is 0 Å². The third-order valence-electron chi connectivity index (χ3n) is 3.63. The van der Waals surface area contributed by atoms with Gasteiger partial charge in [-0.3, -0.25) is 4.79 Å². The summed E-state index contributed by atoms with van der Waals surface area (Å²) in [6, 6.07) is 0. The molecule has 0 aromatic heterocycles. The fraction of sp³-hybridized carbons (Fsp3) is 0.667. The molecular formula is C15H22O. The van der Waals surface area contributed by atoms with Crippen LogP contribution in [0, 0.1) is 5.92 Å². The minimum Gasteiger partial charge on any atom is -0.289 e. The summed E-state index contributed by atoms with van der Waals surface area (Å²) in [5.41, 5.74) is 3.72. The molecule has 2 saturated carbocycles. The van der Waals surface area contributed by atoms with Gasteiger partial charge < -0.3 is 0 Å². The lowest BCUT2D eigenvalue weighted by Crippen LogP contribution is -2.04. The van der Waals surface area contributed by atoms with Crippen LogP contribution in [0.1, 0.15) is 58.8 Å². The van der Waals surface area contributed by atoms with Gasteiger partial charge in [-0.05, 0) is 55.6 Å². The molecule has 0 saturated heterocycles. The highest BCUT2D eigenvalue weighted by Crippen LogP contribution is 2.35. The summed E-state index contributed by atoms with van der Waals surface area (Å²) in [4.78, 5) is 12.2. The van der Waals surface area contributed by atoms with E-state index in [2.05, 4.69) is 19.9 Å². The van der Waals surface area contributed by atoms with Gasteiger partial charge >= 0.3 is 0 Å². The maximum atomic E-state index is 12.2. The molecule has 0 aromatic rings. The van der Waals surface area contributed by atoms with Crippen LogP contribution in [0.4, 0.5) is 0 Å². The first-order chi connectivity index (χ1) is 7.68. The summed E-state index contributed by atoms with van der Waals surface area (Å²) in [6.45, 7) is 4.29. The van der Waals surface area contributed by atoms with E-state index in [4.69, 9.17) is 0 Å². The van der Waals surface area contributed by atoms with E-state index in [1.807, 2.05) is 0 Å². The summed E-state index contributed by atoms with van der Waals surface area (Å²) in [5.74, 6) is 0.861. The molecule has 16 heavy (non-hydrogen) atoms. The Kier molecular flexibility index (Phi) is 3.63. The highest BCUT2D eigenvalue weighted by atomic mass is 16.1. The number of ketones is 1. The number of carbonyl (C=O) groups excluding carboxylic acids is 1. The molecule has 2 fully saturated rings. The second-order valence-corrected chi connectivity index (χ2v) is 5.41. The zero-order valence-corrected chi connectivity index (χ0v) is 10.5. The Bertz CT molecular complexity index is 336. The molecule has 0 aromatic carbocycles. The average molecular weight is 218 g/mol. The largest absolute Gasteiger partial charge is 0.289 e. The molecule has 0 atom stereocenters. The summed E-state index contributed by atoms with van der Waals surface area (Å²) < 4.78 is 0. The Hall–Kier alpha value is -0.850. The number of Topliss-reactive ketones (excluding diaryl/α,β-unsaturated/α-hetero) is 1. The number of allylic oxidation sites excluding steroid dienone is 4. The van der Waals surface area contributed by atoms with Gasteiger partial charge in [0.15, 0.2) is 5.78 Å². The molecule has 0 spiro atoms. The number of rotatable bonds is 1. The fourth-order valence-electron chi connectivity index (χ4n) is 2.86. The number of hydrogen-bond donors (Lipinski definition) is 0. The van der Waals surface area contributed by atoms with Gasteiger partial charge in [0.05, 0.1) is 0 Å². The van der Waals surface area contributed by atoms with Crippen LogP contribution < -0.4 is 0 Å². The van der Waals surface area contributed by atoms with E-state index < -0.39 is 0 Å². The quantitative estimate of drug-likeness (QED) is 0.603. The molecular weight excluding hydrogens is 196 g/mol. The van der Waals surface area contributed by atoms with Gasteiger partial charge in [-0.2, -0.15) is 0 Å². The summed E-state index contributed by atoms with van der Waals surface area (Å²) in [7, 11) is 0. The van der Waals surface area contributed by atoms with Crippen LogP contribution in [0.2, 0.25) is 0 Å². The van der Waals surface area contributed by atoms with Crippen molar-refractivity contribution in [3.63, 3.8) is 0 Å². The molecule has 0 radical (unpaired) electrons. The van der Waals surface area contributed by atoms with Crippen LogP contribution in [-0.2, 0) is 4.79 Å². The van der Waals surface area contributed by atoms with Crippen LogP contribution in [0.3, 0.4) is 0 Å². The van der Waals surface area contributed by atoms with Gasteiger partial charge in [0.2, 0.25) is 0 Å². The van der Waals surface area contributed by atoms with Gasteiger partial charge in [0, 0.05) is 0 Å². The predicted octanol–water partition coefficient (Wildman–Crippen LogP) is 4.19. The Morgan fingerprint density at radius 3 is 2.31 bits per heavy atom. The zero-order chi connectivity index (χ0) is 11.5. The van der Waals surface area contributed by atoms with Crippen LogP contribution >= 0.6 is 0 Å². The van der Waals surface area contributed by atoms with Crippen molar-refractivity contribution in [1.29, 1.82) is 0 Å². The Morgan fingerprint density at radius 1 is 1.00 bits per heavy atom. The summed E-state index contributed by atoms with van der Waals surface area (Å²) in [5, 5.41) is 0. The van der Waals surface area contributed by atoms with E-state index in [0.29, 0.717) is 11.7 Å². The van der Waals surface area contributed by atoms with Crippen molar-refractivity contribution in [1.82, 2.24) is 0 Å². The second kappa shape index (κ2) is 4.99. The normalized spacial score (nSPS) is 24.9. The van der Waals surface area contributed by atoms with Gasteiger partial charge in [-0.1, -0.05) is 31.9 Å². The van der Waals surface area contributed by atoms with E-state index in [-0.39, 0.29) is 0 Å². The molecule has 0 N–H and O–H groups in total. The van der Waals surface area contributed by atoms with Crippen molar-refractivity contribution in [2.75, 3.05) is 0 Å². The van der Waals surface area contributed by atoms with E-state index in [9.17, 15) is 4.79 Å². The molecule has 2 aliphatic rings. The maximum absolute atomic E-state index is 12.2. The second-order valence-electron chi connectivity index (χ2n) is 5.41. The molecule has 0 aliphatic heterocycles. The fourth-order valence-corrected chi connectivity index (χ4v) is 2.86. The SMILES string of the molecule is CC(C)C=C1CCC(=C2CCCCC2)C1=O. The van der Waals surface area contributed by atoms with Crippen LogP contribution in [-0.4, -0.2) is 5.78 Å². The predicted molar refractivity (Wildman–Crippen MR) is 67.3 cm³/mol. The Labute approximate surface area is 98.6 Å². The molecule has 0 bridgehead atoms. The Balaban J connectivity index is 2.18. The van der Waals surface area contributed by atoms with Gasteiger partial charge in [-0.25, -0.2) is 0 Å². The third-order valence-corrected chi connectivity index (χ3v) is 3.63. The molecule has 2 aliphatic carbocycles. The van der Waals surface area contributed by atoms with Crippen molar-refractivity contribution >= 4 is 5.78 Å². The average Bonchev–Trinajstić information content (AvgIpc) is 2.61. The van der Waals surface area contributed by atoms with Crippen LogP contribution in [0.25, 0.3) is 0 Å².